The Kier molecular flexibility index (Phi) is 2.32. The number of carboxylic acids is 1. The Morgan fingerprint density at radius 2 is 1.94 bits per heavy atom. The highest BCUT2D eigenvalue weighted by atomic mass is 16.4. The van der Waals surface area contributed by atoms with Crippen LogP contribution in [0.3, 0.4) is 0 Å². The van der Waals surface area contributed by atoms with E-state index >= 15 is 0 Å². The summed E-state index contributed by atoms with van der Waals surface area (Å²) in [4.78, 5) is 21.5. The first kappa shape index (κ1) is 10.2. The van der Waals surface area contributed by atoms with E-state index in [2.05, 4.69) is 0 Å². The zero-order valence-electron chi connectivity index (χ0n) is 8.18. The summed E-state index contributed by atoms with van der Waals surface area (Å²) in [6.45, 7) is 0. The van der Waals surface area contributed by atoms with Crippen molar-refractivity contribution in [3.63, 3.8) is 0 Å². The van der Waals surface area contributed by atoms with E-state index in [-0.39, 0.29) is 16.9 Å². The van der Waals surface area contributed by atoms with Gasteiger partial charge in [-0.15, -0.1) is 0 Å². The fourth-order valence-corrected chi connectivity index (χ4v) is 1.60. The van der Waals surface area contributed by atoms with Crippen LogP contribution in [0.25, 0.3) is 10.8 Å². The van der Waals surface area contributed by atoms with E-state index < -0.39 is 5.97 Å². The number of fused-ring (bicyclic) bond motifs is 1. The van der Waals surface area contributed by atoms with Crippen molar-refractivity contribution in [2.75, 3.05) is 0 Å². The van der Waals surface area contributed by atoms with Gasteiger partial charge in [0.2, 0.25) is 0 Å². The number of carbonyl (C=O) groups is 2. The summed E-state index contributed by atoms with van der Waals surface area (Å²) in [6, 6.07) is 7.32. The number of aromatic hydroxyl groups is 1. The van der Waals surface area contributed by atoms with Crippen LogP contribution in [-0.2, 0) is 0 Å². The van der Waals surface area contributed by atoms with E-state index in [0.717, 1.165) is 0 Å². The van der Waals surface area contributed by atoms with E-state index in [4.69, 9.17) is 5.11 Å². The van der Waals surface area contributed by atoms with E-state index in [1.54, 1.807) is 6.07 Å². The van der Waals surface area contributed by atoms with Gasteiger partial charge in [0.05, 0.1) is 11.1 Å². The molecule has 0 atom stereocenters. The van der Waals surface area contributed by atoms with Gasteiger partial charge in [-0.3, -0.25) is 4.79 Å². The van der Waals surface area contributed by atoms with Crippen LogP contribution in [0.1, 0.15) is 20.7 Å². The largest absolute Gasteiger partial charge is 0.507 e. The third kappa shape index (κ3) is 1.50. The van der Waals surface area contributed by atoms with Crippen molar-refractivity contribution in [3.8, 4) is 5.75 Å². The molecule has 0 saturated heterocycles. The molecule has 0 aromatic heterocycles. The maximum absolute atomic E-state index is 10.8. The van der Waals surface area contributed by atoms with Gasteiger partial charge in [-0.25, -0.2) is 4.79 Å². The lowest BCUT2D eigenvalue weighted by molar-refractivity contribution is 0.0697. The van der Waals surface area contributed by atoms with E-state index in [1.165, 1.54) is 24.3 Å². The van der Waals surface area contributed by atoms with Crippen molar-refractivity contribution >= 4 is 23.0 Å². The average molecular weight is 216 g/mol. The van der Waals surface area contributed by atoms with Gasteiger partial charge in [0.1, 0.15) is 5.75 Å². The molecule has 4 heteroatoms. The van der Waals surface area contributed by atoms with Gasteiger partial charge in [-0.1, -0.05) is 12.1 Å². The Morgan fingerprint density at radius 1 is 1.19 bits per heavy atom. The Bertz CT molecular complexity index is 587. The Morgan fingerprint density at radius 3 is 2.56 bits per heavy atom. The number of aldehydes is 1. The molecular weight excluding hydrogens is 208 g/mol. The monoisotopic (exact) mass is 216 g/mol. The van der Waals surface area contributed by atoms with E-state index in [9.17, 15) is 14.7 Å². The lowest BCUT2D eigenvalue weighted by atomic mass is 10.0. The third-order valence-corrected chi connectivity index (χ3v) is 2.40. The molecule has 2 aromatic rings. The summed E-state index contributed by atoms with van der Waals surface area (Å²) in [7, 11) is 0. The molecule has 2 rings (SSSR count). The molecule has 0 radical (unpaired) electrons. The molecule has 80 valence electrons. The fraction of sp³-hybridized carbons (Fsp3) is 0. The van der Waals surface area contributed by atoms with Gasteiger partial charge in [0.25, 0.3) is 0 Å². The predicted octanol–water partition coefficient (Wildman–Crippen LogP) is 2.06. The molecule has 0 amide bonds. The molecule has 0 aliphatic rings. The zero-order valence-corrected chi connectivity index (χ0v) is 8.18. The van der Waals surface area contributed by atoms with Crippen LogP contribution in [-0.4, -0.2) is 22.5 Å². The van der Waals surface area contributed by atoms with Gasteiger partial charge in [-0.2, -0.15) is 0 Å². The Hall–Kier alpha value is -2.36. The van der Waals surface area contributed by atoms with Crippen molar-refractivity contribution < 1.29 is 19.8 Å². The number of phenols is 1. The lowest BCUT2D eigenvalue weighted by Gasteiger charge is -2.04. The summed E-state index contributed by atoms with van der Waals surface area (Å²) >= 11 is 0. The van der Waals surface area contributed by atoms with Crippen LogP contribution >= 0.6 is 0 Å². The minimum Gasteiger partial charge on any atom is -0.507 e. The molecule has 2 aromatic carbocycles. The highest BCUT2D eigenvalue weighted by Gasteiger charge is 2.08. The summed E-state index contributed by atoms with van der Waals surface area (Å²) in [5.41, 5.74) is 0.324. The van der Waals surface area contributed by atoms with Crippen molar-refractivity contribution in [1.29, 1.82) is 0 Å². The number of benzene rings is 2. The van der Waals surface area contributed by atoms with E-state index in [1.807, 2.05) is 0 Å². The van der Waals surface area contributed by atoms with Crippen molar-refractivity contribution in [1.82, 2.24) is 0 Å². The molecule has 0 aliphatic carbocycles. The fourth-order valence-electron chi connectivity index (χ4n) is 1.60. The Labute approximate surface area is 90.8 Å². The zero-order chi connectivity index (χ0) is 11.7. The van der Waals surface area contributed by atoms with Gasteiger partial charge in [-0.05, 0) is 29.0 Å². The molecule has 16 heavy (non-hydrogen) atoms. The second kappa shape index (κ2) is 3.66. The summed E-state index contributed by atoms with van der Waals surface area (Å²) in [5, 5.41) is 19.4. The van der Waals surface area contributed by atoms with Gasteiger partial charge < -0.3 is 10.2 Å². The molecular formula is C12H8O4. The maximum atomic E-state index is 10.8. The molecule has 0 spiro atoms. The van der Waals surface area contributed by atoms with Crippen LogP contribution in [0.5, 0.6) is 5.75 Å². The van der Waals surface area contributed by atoms with Gasteiger partial charge in [0, 0.05) is 0 Å². The van der Waals surface area contributed by atoms with Crippen LogP contribution in [0.15, 0.2) is 30.3 Å². The molecule has 2 N–H and O–H groups in total. The first-order valence-corrected chi connectivity index (χ1v) is 4.57. The van der Waals surface area contributed by atoms with Crippen LogP contribution < -0.4 is 0 Å². The predicted molar refractivity (Wildman–Crippen MR) is 58.0 cm³/mol. The molecule has 0 unspecified atom stereocenters. The second-order valence-electron chi connectivity index (χ2n) is 3.36. The number of phenolic OH excluding ortho intramolecular Hbond substituents is 1. The van der Waals surface area contributed by atoms with Crippen LogP contribution in [0.4, 0.5) is 0 Å². The summed E-state index contributed by atoms with van der Waals surface area (Å²) in [6.07, 6.45) is 0.554. The van der Waals surface area contributed by atoms with Crippen LogP contribution in [0, 0.1) is 0 Å². The summed E-state index contributed by atoms with van der Waals surface area (Å²) in [5.74, 6) is -1.13. The Balaban J connectivity index is 2.78. The van der Waals surface area contributed by atoms with Crippen molar-refractivity contribution in [2.45, 2.75) is 0 Å². The minimum absolute atomic E-state index is 0.106. The smallest absolute Gasteiger partial charge is 0.335 e. The highest BCUT2D eigenvalue weighted by molar-refractivity contribution is 6.03. The number of rotatable bonds is 2. The van der Waals surface area contributed by atoms with Crippen molar-refractivity contribution in [2.24, 2.45) is 0 Å². The molecule has 0 heterocycles. The lowest BCUT2D eigenvalue weighted by Crippen LogP contribution is -1.96. The molecule has 0 aliphatic heterocycles. The highest BCUT2D eigenvalue weighted by Crippen LogP contribution is 2.26. The SMILES string of the molecule is O=Cc1c(O)ccc2cc(C(=O)O)ccc12. The molecule has 0 bridgehead atoms. The quantitative estimate of drug-likeness (QED) is 0.753. The average Bonchev–Trinajstić information content (AvgIpc) is 2.28. The second-order valence-corrected chi connectivity index (χ2v) is 3.36. The number of carbonyl (C=O) groups excluding carboxylic acids is 1. The number of aromatic carboxylic acids is 1. The first-order chi connectivity index (χ1) is 7.63. The number of carboxylic acid groups (broad SMARTS) is 1. The molecule has 4 nitrogen and oxygen atoms in total. The number of hydrogen-bond donors (Lipinski definition) is 2. The topological polar surface area (TPSA) is 74.6 Å². The normalized spacial score (nSPS) is 10.2. The first-order valence-electron chi connectivity index (χ1n) is 4.57. The standard InChI is InChI=1S/C12H8O4/c13-6-10-9-3-1-8(12(15)16)5-7(9)2-4-11(10)14/h1-6,14H,(H,15,16). The number of hydrogen-bond acceptors (Lipinski definition) is 3. The molecule has 0 fully saturated rings. The van der Waals surface area contributed by atoms with E-state index in [0.29, 0.717) is 17.1 Å². The van der Waals surface area contributed by atoms with Gasteiger partial charge >= 0.3 is 5.97 Å². The summed E-state index contributed by atoms with van der Waals surface area (Å²) < 4.78 is 0. The minimum atomic E-state index is -1.03. The van der Waals surface area contributed by atoms with Gasteiger partial charge in [0.15, 0.2) is 6.29 Å². The maximum Gasteiger partial charge on any atom is 0.335 e. The molecule has 0 saturated carbocycles. The van der Waals surface area contributed by atoms with Crippen molar-refractivity contribution in [3.05, 3.63) is 41.5 Å². The van der Waals surface area contributed by atoms with Crippen LogP contribution in [0.2, 0.25) is 0 Å². The third-order valence-electron chi connectivity index (χ3n) is 2.40.